The van der Waals surface area contributed by atoms with Crippen molar-refractivity contribution in [1.29, 1.82) is 0 Å². The molecule has 1 aromatic carbocycles. The van der Waals surface area contributed by atoms with Gasteiger partial charge in [0, 0.05) is 11.8 Å². The Bertz CT molecular complexity index is 591. The molecule has 0 aliphatic rings. The summed E-state index contributed by atoms with van der Waals surface area (Å²) in [6.07, 6.45) is 0.755. The maximum Gasteiger partial charge on any atom is 0.220 e. The van der Waals surface area contributed by atoms with Crippen molar-refractivity contribution in [3.63, 3.8) is 0 Å². The maximum atomic E-state index is 9.28. The molecule has 0 radical (unpaired) electrons. The van der Waals surface area contributed by atoms with Gasteiger partial charge in [0.05, 0.1) is 20.3 Å². The summed E-state index contributed by atoms with van der Waals surface area (Å²) in [5.41, 5.74) is 2.34. The van der Waals surface area contributed by atoms with Crippen molar-refractivity contribution in [3.05, 3.63) is 47.2 Å². The lowest BCUT2D eigenvalue weighted by Crippen LogP contribution is -1.98. The molecule has 0 spiro atoms. The molecule has 21 heavy (non-hydrogen) atoms. The van der Waals surface area contributed by atoms with Gasteiger partial charge in [-0.1, -0.05) is 13.0 Å². The predicted octanol–water partition coefficient (Wildman–Crippen LogP) is 2.43. The third kappa shape index (κ3) is 3.71. The topological polar surface area (TPSA) is 71.8 Å². The van der Waals surface area contributed by atoms with Gasteiger partial charge in [0.25, 0.3) is 0 Å². The molecule has 0 saturated heterocycles. The van der Waals surface area contributed by atoms with Gasteiger partial charge in [-0.2, -0.15) is 0 Å². The smallest absolute Gasteiger partial charge is 0.220 e. The van der Waals surface area contributed by atoms with Gasteiger partial charge in [-0.25, -0.2) is 4.98 Å². The zero-order chi connectivity index (χ0) is 15.2. The Morgan fingerprint density at radius 2 is 1.76 bits per heavy atom. The first-order valence-corrected chi connectivity index (χ1v) is 6.76. The highest BCUT2D eigenvalue weighted by Gasteiger charge is 2.09. The van der Waals surface area contributed by atoms with Crippen LogP contribution < -0.4 is 9.47 Å². The number of aliphatic hydroxyl groups is 2. The van der Waals surface area contributed by atoms with Gasteiger partial charge in [-0.05, 0) is 35.7 Å². The van der Waals surface area contributed by atoms with Crippen LogP contribution in [0.1, 0.15) is 23.7 Å². The molecular weight excluding hydrogens is 270 g/mol. The molecule has 0 aliphatic carbocycles. The third-order valence-corrected chi connectivity index (χ3v) is 3.08. The van der Waals surface area contributed by atoms with E-state index in [2.05, 4.69) is 4.98 Å². The van der Waals surface area contributed by atoms with Crippen molar-refractivity contribution in [2.75, 3.05) is 7.11 Å². The highest BCUT2D eigenvalue weighted by Crippen LogP contribution is 2.32. The largest absolute Gasteiger partial charge is 0.493 e. The first kappa shape index (κ1) is 15.3. The van der Waals surface area contributed by atoms with E-state index < -0.39 is 0 Å². The molecule has 0 unspecified atom stereocenters. The minimum atomic E-state index is -0.0630. The summed E-state index contributed by atoms with van der Waals surface area (Å²) in [5, 5.41) is 18.4. The lowest BCUT2D eigenvalue weighted by molar-refractivity contribution is 0.279. The Kier molecular flexibility index (Phi) is 5.14. The van der Waals surface area contributed by atoms with E-state index in [0.717, 1.165) is 23.2 Å². The van der Waals surface area contributed by atoms with Crippen LogP contribution in [0.2, 0.25) is 0 Å². The van der Waals surface area contributed by atoms with Crippen molar-refractivity contribution in [2.24, 2.45) is 0 Å². The minimum absolute atomic E-state index is 0.0606. The van der Waals surface area contributed by atoms with Gasteiger partial charge < -0.3 is 19.7 Å². The van der Waals surface area contributed by atoms with Gasteiger partial charge in [-0.15, -0.1) is 0 Å². The summed E-state index contributed by atoms with van der Waals surface area (Å²) in [4.78, 5) is 4.37. The Balaban J connectivity index is 2.33. The van der Waals surface area contributed by atoms with Crippen LogP contribution in [-0.4, -0.2) is 22.3 Å². The van der Waals surface area contributed by atoms with Gasteiger partial charge in [0.15, 0.2) is 11.5 Å². The number of rotatable bonds is 6. The lowest BCUT2D eigenvalue weighted by Gasteiger charge is -2.12. The normalized spacial score (nSPS) is 10.5. The Morgan fingerprint density at radius 1 is 1.00 bits per heavy atom. The molecule has 5 heteroatoms. The highest BCUT2D eigenvalue weighted by molar-refractivity contribution is 5.44. The van der Waals surface area contributed by atoms with E-state index in [1.807, 2.05) is 13.0 Å². The molecule has 2 aromatic rings. The summed E-state index contributed by atoms with van der Waals surface area (Å²) in [5.74, 6) is 1.45. The molecule has 112 valence electrons. The summed E-state index contributed by atoms with van der Waals surface area (Å²) in [7, 11) is 1.54. The molecule has 0 bridgehead atoms. The quantitative estimate of drug-likeness (QED) is 0.854. The number of nitrogens with zero attached hydrogens (tertiary/aromatic N) is 1. The van der Waals surface area contributed by atoms with Crippen LogP contribution in [0.3, 0.4) is 0 Å². The zero-order valence-electron chi connectivity index (χ0n) is 12.2. The molecule has 0 saturated carbocycles. The summed E-state index contributed by atoms with van der Waals surface area (Å²) >= 11 is 0. The van der Waals surface area contributed by atoms with Gasteiger partial charge >= 0.3 is 0 Å². The fourth-order valence-corrected chi connectivity index (χ4v) is 1.95. The van der Waals surface area contributed by atoms with E-state index in [4.69, 9.17) is 14.6 Å². The number of aromatic nitrogens is 1. The third-order valence-electron chi connectivity index (χ3n) is 3.08. The van der Waals surface area contributed by atoms with E-state index in [0.29, 0.717) is 17.4 Å². The zero-order valence-corrected chi connectivity index (χ0v) is 12.2. The molecule has 0 amide bonds. The monoisotopic (exact) mass is 289 g/mol. The second-order valence-electron chi connectivity index (χ2n) is 4.56. The molecule has 0 fully saturated rings. The number of pyridine rings is 1. The summed E-state index contributed by atoms with van der Waals surface area (Å²) < 4.78 is 11.0. The number of ether oxygens (including phenoxy) is 2. The van der Waals surface area contributed by atoms with Crippen LogP contribution in [0.4, 0.5) is 0 Å². The average molecular weight is 289 g/mol. The molecule has 5 nitrogen and oxygen atoms in total. The molecule has 2 N–H and O–H groups in total. The van der Waals surface area contributed by atoms with Crippen LogP contribution in [0.15, 0.2) is 30.3 Å². The Morgan fingerprint density at radius 3 is 2.38 bits per heavy atom. The van der Waals surface area contributed by atoms with Gasteiger partial charge in [0.1, 0.15) is 0 Å². The van der Waals surface area contributed by atoms with Crippen LogP contribution in [-0.2, 0) is 19.6 Å². The van der Waals surface area contributed by atoms with Gasteiger partial charge in [0.2, 0.25) is 5.88 Å². The standard InChI is InChI=1S/C16H19NO4/c1-3-13-6-12(10-19)8-16(17-13)21-14-5-4-11(9-18)7-15(14)20-2/h4-8,18-19H,3,9-10H2,1-2H3. The highest BCUT2D eigenvalue weighted by atomic mass is 16.5. The fourth-order valence-electron chi connectivity index (χ4n) is 1.95. The predicted molar refractivity (Wildman–Crippen MR) is 78.5 cm³/mol. The first-order chi connectivity index (χ1) is 10.2. The van der Waals surface area contributed by atoms with E-state index in [-0.39, 0.29) is 13.2 Å². The second-order valence-corrected chi connectivity index (χ2v) is 4.56. The molecule has 1 heterocycles. The summed E-state index contributed by atoms with van der Waals surface area (Å²) in [6, 6.07) is 8.74. The molecular formula is C16H19NO4. The number of benzene rings is 1. The Labute approximate surface area is 123 Å². The van der Waals surface area contributed by atoms with Crippen LogP contribution in [0, 0.1) is 0 Å². The number of methoxy groups -OCH3 is 1. The number of hydrogen-bond acceptors (Lipinski definition) is 5. The van der Waals surface area contributed by atoms with Crippen molar-refractivity contribution in [3.8, 4) is 17.4 Å². The second kappa shape index (κ2) is 7.06. The van der Waals surface area contributed by atoms with E-state index in [1.54, 1.807) is 31.4 Å². The molecule has 0 aliphatic heterocycles. The van der Waals surface area contributed by atoms with E-state index >= 15 is 0 Å². The molecule has 1 aromatic heterocycles. The van der Waals surface area contributed by atoms with Crippen molar-refractivity contribution in [2.45, 2.75) is 26.6 Å². The van der Waals surface area contributed by atoms with Gasteiger partial charge in [-0.3, -0.25) is 0 Å². The van der Waals surface area contributed by atoms with Crippen LogP contribution >= 0.6 is 0 Å². The maximum absolute atomic E-state index is 9.28. The summed E-state index contributed by atoms with van der Waals surface area (Å²) in [6.45, 7) is 1.87. The molecule has 2 rings (SSSR count). The first-order valence-electron chi connectivity index (χ1n) is 6.76. The lowest BCUT2D eigenvalue weighted by atomic mass is 10.2. The van der Waals surface area contributed by atoms with E-state index in [1.165, 1.54) is 0 Å². The number of aryl methyl sites for hydroxylation is 1. The molecule has 0 atom stereocenters. The number of hydrogen-bond donors (Lipinski definition) is 2. The fraction of sp³-hybridized carbons (Fsp3) is 0.312. The van der Waals surface area contributed by atoms with Crippen LogP contribution in [0.5, 0.6) is 17.4 Å². The minimum Gasteiger partial charge on any atom is -0.493 e. The van der Waals surface area contributed by atoms with Crippen molar-refractivity contribution in [1.82, 2.24) is 4.98 Å². The van der Waals surface area contributed by atoms with Crippen molar-refractivity contribution < 1.29 is 19.7 Å². The SMILES string of the molecule is CCc1cc(CO)cc(Oc2ccc(CO)cc2OC)n1. The Hall–Kier alpha value is -2.11. The van der Waals surface area contributed by atoms with Crippen LogP contribution in [0.25, 0.3) is 0 Å². The van der Waals surface area contributed by atoms with E-state index in [9.17, 15) is 5.11 Å². The number of aliphatic hydroxyl groups excluding tert-OH is 2. The average Bonchev–Trinajstić information content (AvgIpc) is 2.54. The van der Waals surface area contributed by atoms with Crippen molar-refractivity contribution >= 4 is 0 Å².